The lowest BCUT2D eigenvalue weighted by molar-refractivity contribution is 0.0929. The van der Waals surface area contributed by atoms with Crippen LogP contribution in [0.4, 0.5) is 0 Å². The molecule has 6 heteroatoms. The number of methoxy groups -OCH3 is 1. The molecule has 1 fully saturated rings. The molecule has 1 unspecified atom stereocenters. The Balaban J connectivity index is 1.67. The molecule has 1 aromatic heterocycles. The van der Waals surface area contributed by atoms with Crippen LogP contribution in [0.5, 0.6) is 11.5 Å². The van der Waals surface area contributed by atoms with E-state index in [1.807, 2.05) is 18.2 Å². The number of nitrogens with one attached hydrogen (secondary N) is 1. The van der Waals surface area contributed by atoms with Crippen LogP contribution >= 0.6 is 0 Å². The second-order valence-electron chi connectivity index (χ2n) is 7.35. The summed E-state index contributed by atoms with van der Waals surface area (Å²) in [5.41, 5.74) is 0.554. The van der Waals surface area contributed by atoms with Gasteiger partial charge in [-0.1, -0.05) is 13.8 Å². The van der Waals surface area contributed by atoms with E-state index in [4.69, 9.17) is 13.9 Å². The van der Waals surface area contributed by atoms with E-state index in [2.05, 4.69) is 24.1 Å². The lowest BCUT2D eigenvalue weighted by Gasteiger charge is -2.28. The van der Waals surface area contributed by atoms with E-state index in [1.165, 1.54) is 12.8 Å². The molecule has 1 atom stereocenters. The van der Waals surface area contributed by atoms with E-state index >= 15 is 0 Å². The molecular weight excluding hydrogens is 368 g/mol. The molecule has 1 heterocycles. The maximum atomic E-state index is 12.8. The van der Waals surface area contributed by atoms with E-state index in [0.717, 1.165) is 31.7 Å². The van der Waals surface area contributed by atoms with E-state index in [9.17, 15) is 4.79 Å². The quantitative estimate of drug-likeness (QED) is 0.639. The second-order valence-corrected chi connectivity index (χ2v) is 7.35. The van der Waals surface area contributed by atoms with Gasteiger partial charge in [0.05, 0.1) is 25.5 Å². The lowest BCUT2D eigenvalue weighted by Crippen LogP contribution is -2.37. The van der Waals surface area contributed by atoms with Crippen molar-refractivity contribution in [3.63, 3.8) is 0 Å². The first kappa shape index (κ1) is 21.2. The van der Waals surface area contributed by atoms with Crippen LogP contribution in [0.2, 0.25) is 0 Å². The van der Waals surface area contributed by atoms with Crippen LogP contribution in [-0.4, -0.2) is 43.7 Å². The Morgan fingerprint density at radius 3 is 2.59 bits per heavy atom. The number of nitrogens with zero attached hydrogens (tertiary/aromatic N) is 1. The summed E-state index contributed by atoms with van der Waals surface area (Å²) in [4.78, 5) is 15.0. The maximum absolute atomic E-state index is 12.8. The van der Waals surface area contributed by atoms with Gasteiger partial charge in [0.25, 0.3) is 5.91 Å². The average Bonchev–Trinajstić information content (AvgIpc) is 3.45. The van der Waals surface area contributed by atoms with Crippen LogP contribution in [0.3, 0.4) is 0 Å². The molecule has 6 nitrogen and oxygen atoms in total. The summed E-state index contributed by atoms with van der Waals surface area (Å²) < 4.78 is 17.1. The first-order valence-electron chi connectivity index (χ1n) is 10.6. The monoisotopic (exact) mass is 400 g/mol. The van der Waals surface area contributed by atoms with Gasteiger partial charge in [-0.2, -0.15) is 0 Å². The normalized spacial score (nSPS) is 15.4. The molecule has 1 saturated carbocycles. The van der Waals surface area contributed by atoms with Gasteiger partial charge in [0, 0.05) is 12.1 Å². The van der Waals surface area contributed by atoms with Crippen molar-refractivity contribution < 1.29 is 18.7 Å². The second kappa shape index (κ2) is 10.3. The largest absolute Gasteiger partial charge is 0.493 e. The first-order chi connectivity index (χ1) is 14.2. The van der Waals surface area contributed by atoms with Gasteiger partial charge in [-0.3, -0.25) is 9.69 Å². The third-order valence-electron chi connectivity index (χ3n) is 5.60. The highest BCUT2D eigenvalue weighted by Gasteiger charge is 2.23. The van der Waals surface area contributed by atoms with Gasteiger partial charge in [-0.05, 0) is 69.1 Å². The summed E-state index contributed by atoms with van der Waals surface area (Å²) >= 11 is 0. The molecule has 3 rings (SSSR count). The van der Waals surface area contributed by atoms with Crippen molar-refractivity contribution in [1.82, 2.24) is 10.2 Å². The molecule has 2 aromatic rings. The Morgan fingerprint density at radius 2 is 1.97 bits per heavy atom. The minimum atomic E-state index is -0.139. The molecular formula is C23H32N2O4. The van der Waals surface area contributed by atoms with Gasteiger partial charge in [-0.25, -0.2) is 0 Å². The predicted octanol–water partition coefficient (Wildman–Crippen LogP) is 4.42. The molecule has 1 aromatic carbocycles. The summed E-state index contributed by atoms with van der Waals surface area (Å²) in [6.07, 6.45) is 6.47. The number of benzene rings is 1. The molecule has 1 aliphatic rings. The zero-order valence-electron chi connectivity index (χ0n) is 17.6. The fourth-order valence-corrected chi connectivity index (χ4v) is 3.94. The topological polar surface area (TPSA) is 63.9 Å². The maximum Gasteiger partial charge on any atom is 0.251 e. The number of carbonyl (C=O) groups is 1. The zero-order chi connectivity index (χ0) is 20.6. The number of amides is 1. The Hall–Kier alpha value is -2.47. The van der Waals surface area contributed by atoms with Crippen LogP contribution in [0.1, 0.15) is 61.7 Å². The minimum absolute atomic E-state index is 0.00387. The standard InChI is InChI=1S/C23H32N2O4/c1-4-25(5-2)19(20-11-8-14-28-20)16-24-23(26)17-12-13-21(22(15-17)27-3)29-18-9-6-7-10-18/h8,11-15,18-19H,4-7,9-10,16H2,1-3H3,(H,24,26). The van der Waals surface area contributed by atoms with Gasteiger partial charge in [-0.15, -0.1) is 0 Å². The van der Waals surface area contributed by atoms with E-state index in [0.29, 0.717) is 23.6 Å². The SMILES string of the molecule is CCN(CC)C(CNC(=O)c1ccc(OC2CCCC2)c(OC)c1)c1ccco1. The number of furan rings is 1. The highest BCUT2D eigenvalue weighted by molar-refractivity contribution is 5.94. The number of ether oxygens (including phenoxy) is 2. The van der Waals surface area contributed by atoms with Gasteiger partial charge < -0.3 is 19.2 Å². The van der Waals surface area contributed by atoms with Gasteiger partial charge in [0.2, 0.25) is 0 Å². The zero-order valence-corrected chi connectivity index (χ0v) is 17.6. The van der Waals surface area contributed by atoms with Gasteiger partial charge >= 0.3 is 0 Å². The Bertz CT molecular complexity index is 765. The smallest absolute Gasteiger partial charge is 0.251 e. The van der Waals surface area contributed by atoms with Crippen molar-refractivity contribution in [3.8, 4) is 11.5 Å². The third kappa shape index (κ3) is 5.32. The number of likely N-dealkylation sites (N-methyl/N-ethyl adjacent to an activating group) is 1. The molecule has 1 N–H and O–H groups in total. The fourth-order valence-electron chi connectivity index (χ4n) is 3.94. The summed E-state index contributed by atoms with van der Waals surface area (Å²) in [5, 5.41) is 3.04. The number of hydrogen-bond acceptors (Lipinski definition) is 5. The number of rotatable bonds is 10. The molecule has 0 bridgehead atoms. The molecule has 1 amide bonds. The van der Waals surface area contributed by atoms with Crippen LogP contribution in [0.15, 0.2) is 41.0 Å². The fraction of sp³-hybridized carbons (Fsp3) is 0.522. The van der Waals surface area contributed by atoms with E-state index in [-0.39, 0.29) is 18.1 Å². The molecule has 0 radical (unpaired) electrons. The summed E-state index contributed by atoms with van der Waals surface area (Å²) in [6, 6.07) is 9.20. The Labute approximate surface area is 173 Å². The van der Waals surface area contributed by atoms with Crippen molar-refractivity contribution in [3.05, 3.63) is 47.9 Å². The predicted molar refractivity (Wildman–Crippen MR) is 113 cm³/mol. The van der Waals surface area contributed by atoms with Gasteiger partial charge in [0.1, 0.15) is 5.76 Å². The highest BCUT2D eigenvalue weighted by Crippen LogP contribution is 2.32. The van der Waals surface area contributed by atoms with Crippen LogP contribution < -0.4 is 14.8 Å². The lowest BCUT2D eigenvalue weighted by atomic mass is 10.1. The molecule has 158 valence electrons. The van der Waals surface area contributed by atoms with Crippen molar-refractivity contribution in [2.24, 2.45) is 0 Å². The molecule has 0 spiro atoms. The highest BCUT2D eigenvalue weighted by atomic mass is 16.5. The van der Waals surface area contributed by atoms with Gasteiger partial charge in [0.15, 0.2) is 11.5 Å². The minimum Gasteiger partial charge on any atom is -0.493 e. The number of carbonyl (C=O) groups excluding carboxylic acids is 1. The number of hydrogen-bond donors (Lipinski definition) is 1. The molecule has 1 aliphatic carbocycles. The molecule has 0 saturated heterocycles. The summed E-state index contributed by atoms with van der Waals surface area (Å²) in [7, 11) is 1.60. The van der Waals surface area contributed by atoms with E-state index < -0.39 is 0 Å². The average molecular weight is 401 g/mol. The van der Waals surface area contributed by atoms with Crippen LogP contribution in [0.25, 0.3) is 0 Å². The Kier molecular flexibility index (Phi) is 7.58. The third-order valence-corrected chi connectivity index (χ3v) is 5.60. The Morgan fingerprint density at radius 1 is 1.21 bits per heavy atom. The molecule has 0 aliphatic heterocycles. The molecule has 29 heavy (non-hydrogen) atoms. The van der Waals surface area contributed by atoms with Crippen molar-refractivity contribution >= 4 is 5.91 Å². The van der Waals surface area contributed by atoms with Crippen LogP contribution in [-0.2, 0) is 0 Å². The van der Waals surface area contributed by atoms with Crippen molar-refractivity contribution in [2.45, 2.75) is 51.7 Å². The van der Waals surface area contributed by atoms with Crippen LogP contribution in [0, 0.1) is 0 Å². The van der Waals surface area contributed by atoms with Crippen molar-refractivity contribution in [2.75, 3.05) is 26.7 Å². The summed E-state index contributed by atoms with van der Waals surface area (Å²) in [6.45, 7) is 6.43. The first-order valence-corrected chi connectivity index (χ1v) is 10.6. The summed E-state index contributed by atoms with van der Waals surface area (Å²) in [5.74, 6) is 2.01. The van der Waals surface area contributed by atoms with E-state index in [1.54, 1.807) is 25.5 Å². The van der Waals surface area contributed by atoms with Crippen molar-refractivity contribution in [1.29, 1.82) is 0 Å².